The standard InChI is InChI=1S/C18H24N2O3S.ClH/c1-3-22-15-6-4-5-13-9-16(23-18(13)15)12(2)20-17(21)10-14-11-24-8-7-19-14;/h4-6,9,12,14,19H,3,7-8,10-11H2,1-2H3,(H,20,21);1H. The molecule has 1 aliphatic rings. The van der Waals surface area contributed by atoms with Crippen LogP contribution in [-0.4, -0.2) is 36.6 Å². The van der Waals surface area contributed by atoms with Crippen LogP contribution in [0.25, 0.3) is 11.0 Å². The Balaban J connectivity index is 0.00000225. The third kappa shape index (κ3) is 5.06. The summed E-state index contributed by atoms with van der Waals surface area (Å²) in [5, 5.41) is 7.41. The number of carbonyl (C=O) groups is 1. The van der Waals surface area contributed by atoms with E-state index in [-0.39, 0.29) is 30.4 Å². The van der Waals surface area contributed by atoms with Crippen LogP contribution < -0.4 is 15.4 Å². The minimum absolute atomic E-state index is 0. The lowest BCUT2D eigenvalue weighted by Gasteiger charge is -2.23. The summed E-state index contributed by atoms with van der Waals surface area (Å²) in [5.74, 6) is 3.65. The predicted molar refractivity (Wildman–Crippen MR) is 105 cm³/mol. The van der Waals surface area contributed by atoms with Crippen molar-refractivity contribution >= 4 is 41.0 Å². The van der Waals surface area contributed by atoms with Crippen LogP contribution in [0.2, 0.25) is 0 Å². The molecule has 1 aromatic heterocycles. The number of hydrogen-bond donors (Lipinski definition) is 2. The molecule has 2 unspecified atom stereocenters. The molecule has 1 fully saturated rings. The molecule has 1 aliphatic heterocycles. The fraction of sp³-hybridized carbons (Fsp3) is 0.500. The van der Waals surface area contributed by atoms with Gasteiger partial charge < -0.3 is 19.8 Å². The van der Waals surface area contributed by atoms with E-state index >= 15 is 0 Å². The summed E-state index contributed by atoms with van der Waals surface area (Å²) >= 11 is 1.89. The van der Waals surface area contributed by atoms with E-state index in [0.29, 0.717) is 13.0 Å². The number of fused-ring (bicyclic) bond motifs is 1. The van der Waals surface area contributed by atoms with Gasteiger partial charge in [0.1, 0.15) is 5.76 Å². The highest BCUT2D eigenvalue weighted by molar-refractivity contribution is 7.99. The number of benzene rings is 1. The van der Waals surface area contributed by atoms with Gasteiger partial charge in [-0.05, 0) is 26.0 Å². The lowest BCUT2D eigenvalue weighted by atomic mass is 10.2. The van der Waals surface area contributed by atoms with E-state index in [4.69, 9.17) is 9.15 Å². The molecule has 25 heavy (non-hydrogen) atoms. The number of rotatable bonds is 6. The Labute approximate surface area is 158 Å². The van der Waals surface area contributed by atoms with Crippen LogP contribution in [0.4, 0.5) is 0 Å². The first kappa shape index (κ1) is 19.9. The summed E-state index contributed by atoms with van der Waals surface area (Å²) in [6, 6.07) is 7.89. The maximum absolute atomic E-state index is 12.3. The van der Waals surface area contributed by atoms with Gasteiger partial charge in [0, 0.05) is 35.9 Å². The Hall–Kier alpha value is -1.37. The van der Waals surface area contributed by atoms with Crippen LogP contribution in [0.1, 0.15) is 32.1 Å². The van der Waals surface area contributed by atoms with Gasteiger partial charge in [0.25, 0.3) is 0 Å². The predicted octanol–water partition coefficient (Wildman–Crippen LogP) is 3.53. The van der Waals surface area contributed by atoms with Gasteiger partial charge in [-0.1, -0.05) is 12.1 Å². The van der Waals surface area contributed by atoms with Gasteiger partial charge in [-0.2, -0.15) is 11.8 Å². The number of hydrogen-bond acceptors (Lipinski definition) is 5. The van der Waals surface area contributed by atoms with Gasteiger partial charge in [0.15, 0.2) is 11.3 Å². The molecule has 3 rings (SSSR count). The van der Waals surface area contributed by atoms with Crippen molar-refractivity contribution in [3.63, 3.8) is 0 Å². The van der Waals surface area contributed by atoms with Gasteiger partial charge >= 0.3 is 0 Å². The Morgan fingerprint density at radius 1 is 1.52 bits per heavy atom. The normalized spacial score (nSPS) is 18.4. The zero-order chi connectivity index (χ0) is 16.9. The van der Waals surface area contributed by atoms with Crippen LogP contribution in [0.15, 0.2) is 28.7 Å². The van der Waals surface area contributed by atoms with Crippen molar-refractivity contribution < 1.29 is 13.9 Å². The summed E-state index contributed by atoms with van der Waals surface area (Å²) in [5.41, 5.74) is 0.737. The lowest BCUT2D eigenvalue weighted by Crippen LogP contribution is -2.41. The first-order chi connectivity index (χ1) is 11.7. The highest BCUT2D eigenvalue weighted by atomic mass is 35.5. The molecule has 0 bridgehead atoms. The number of amides is 1. The topological polar surface area (TPSA) is 63.5 Å². The highest BCUT2D eigenvalue weighted by Gasteiger charge is 2.20. The Morgan fingerprint density at radius 3 is 3.08 bits per heavy atom. The van der Waals surface area contributed by atoms with Crippen molar-refractivity contribution in [3.8, 4) is 5.75 Å². The fourth-order valence-corrected chi connectivity index (χ4v) is 3.83. The molecule has 138 valence electrons. The summed E-state index contributed by atoms with van der Waals surface area (Å²) in [4.78, 5) is 12.3. The molecule has 1 aromatic carbocycles. The molecule has 1 saturated heterocycles. The molecule has 2 aromatic rings. The first-order valence-electron chi connectivity index (χ1n) is 8.43. The minimum Gasteiger partial charge on any atom is -0.490 e. The first-order valence-corrected chi connectivity index (χ1v) is 9.58. The number of para-hydroxylation sites is 1. The third-order valence-electron chi connectivity index (χ3n) is 4.06. The molecule has 2 heterocycles. The maximum atomic E-state index is 12.3. The summed E-state index contributed by atoms with van der Waals surface area (Å²) in [6.07, 6.45) is 0.502. The van der Waals surface area contributed by atoms with E-state index in [0.717, 1.165) is 40.5 Å². The van der Waals surface area contributed by atoms with Crippen molar-refractivity contribution in [1.82, 2.24) is 10.6 Å². The Kier molecular flexibility index (Phi) is 7.47. The van der Waals surface area contributed by atoms with Gasteiger partial charge in [-0.15, -0.1) is 12.4 Å². The van der Waals surface area contributed by atoms with Crippen molar-refractivity contribution in [2.75, 3.05) is 24.7 Å². The largest absolute Gasteiger partial charge is 0.490 e. The number of ether oxygens (including phenoxy) is 1. The highest BCUT2D eigenvalue weighted by Crippen LogP contribution is 2.31. The molecule has 2 N–H and O–H groups in total. The van der Waals surface area contributed by atoms with Crippen molar-refractivity contribution in [2.45, 2.75) is 32.4 Å². The van der Waals surface area contributed by atoms with Gasteiger partial charge in [0.05, 0.1) is 12.6 Å². The minimum atomic E-state index is -0.171. The van der Waals surface area contributed by atoms with Crippen LogP contribution in [0.5, 0.6) is 5.75 Å². The summed E-state index contributed by atoms with van der Waals surface area (Å²) in [6.45, 7) is 5.46. The zero-order valence-corrected chi connectivity index (χ0v) is 16.2. The molecule has 7 heteroatoms. The molecule has 0 radical (unpaired) electrons. The number of halogens is 1. The average molecular weight is 385 g/mol. The summed E-state index contributed by atoms with van der Waals surface area (Å²) in [7, 11) is 0. The van der Waals surface area contributed by atoms with Crippen LogP contribution in [0.3, 0.4) is 0 Å². The molecular formula is C18H25ClN2O3S. The van der Waals surface area contributed by atoms with Crippen molar-refractivity contribution in [2.24, 2.45) is 0 Å². The van der Waals surface area contributed by atoms with Crippen LogP contribution >= 0.6 is 24.2 Å². The lowest BCUT2D eigenvalue weighted by molar-refractivity contribution is -0.122. The number of carbonyl (C=O) groups excluding carboxylic acids is 1. The Bertz CT molecular complexity index is 701. The molecule has 2 atom stereocenters. The zero-order valence-electron chi connectivity index (χ0n) is 14.5. The second kappa shape index (κ2) is 9.36. The van der Waals surface area contributed by atoms with Crippen molar-refractivity contribution in [1.29, 1.82) is 0 Å². The fourth-order valence-electron chi connectivity index (χ4n) is 2.88. The van der Waals surface area contributed by atoms with Crippen LogP contribution in [-0.2, 0) is 4.79 Å². The number of nitrogens with one attached hydrogen (secondary N) is 2. The Morgan fingerprint density at radius 2 is 2.36 bits per heavy atom. The molecule has 5 nitrogen and oxygen atoms in total. The second-order valence-electron chi connectivity index (χ2n) is 5.98. The smallest absolute Gasteiger partial charge is 0.222 e. The second-order valence-corrected chi connectivity index (χ2v) is 7.13. The van der Waals surface area contributed by atoms with Gasteiger partial charge in [0.2, 0.25) is 5.91 Å². The maximum Gasteiger partial charge on any atom is 0.222 e. The van der Waals surface area contributed by atoms with E-state index in [9.17, 15) is 4.79 Å². The number of thioether (sulfide) groups is 1. The van der Waals surface area contributed by atoms with E-state index in [1.807, 2.05) is 49.9 Å². The average Bonchev–Trinajstić information content (AvgIpc) is 3.01. The monoisotopic (exact) mass is 384 g/mol. The molecular weight excluding hydrogens is 360 g/mol. The molecule has 1 amide bonds. The van der Waals surface area contributed by atoms with Gasteiger partial charge in [-0.25, -0.2) is 0 Å². The third-order valence-corrected chi connectivity index (χ3v) is 5.19. The van der Waals surface area contributed by atoms with E-state index in [1.54, 1.807) is 0 Å². The van der Waals surface area contributed by atoms with Crippen LogP contribution in [0, 0.1) is 0 Å². The summed E-state index contributed by atoms with van der Waals surface area (Å²) < 4.78 is 11.5. The molecule has 0 spiro atoms. The van der Waals surface area contributed by atoms with E-state index in [2.05, 4.69) is 10.6 Å². The van der Waals surface area contributed by atoms with E-state index in [1.165, 1.54) is 0 Å². The van der Waals surface area contributed by atoms with Crippen molar-refractivity contribution in [3.05, 3.63) is 30.0 Å². The number of furan rings is 1. The van der Waals surface area contributed by atoms with E-state index < -0.39 is 0 Å². The quantitative estimate of drug-likeness (QED) is 0.797. The van der Waals surface area contributed by atoms with Gasteiger partial charge in [-0.3, -0.25) is 4.79 Å². The molecule has 0 saturated carbocycles. The SMILES string of the molecule is CCOc1cccc2cc(C(C)NC(=O)CC3CSCCN3)oc12.Cl. The molecule has 0 aliphatic carbocycles.